The molecule has 0 unspecified atom stereocenters. The summed E-state index contributed by atoms with van der Waals surface area (Å²) in [7, 11) is 0.554. The van der Waals surface area contributed by atoms with Crippen molar-refractivity contribution >= 4 is 142 Å². The molecule has 0 spiro atoms. The first-order valence-corrected chi connectivity index (χ1v) is 56.2. The number of benzene rings is 18. The van der Waals surface area contributed by atoms with Crippen molar-refractivity contribution in [1.82, 2.24) is 0 Å². The van der Waals surface area contributed by atoms with E-state index in [1.165, 1.54) is 129 Å². The van der Waals surface area contributed by atoms with E-state index in [2.05, 4.69) is 290 Å². The van der Waals surface area contributed by atoms with Crippen LogP contribution in [0.25, 0.3) is 89.0 Å². The number of alkyl halides is 1. The maximum Gasteiger partial charge on any atom is 1.00 e. The third-order valence-electron chi connectivity index (χ3n) is 21.5. The van der Waals surface area contributed by atoms with Gasteiger partial charge in [0.05, 0.1) is 6.61 Å². The number of hydrogen-bond acceptors (Lipinski definition) is 3. The monoisotopic (exact) mass is 2180 g/mol. The van der Waals surface area contributed by atoms with E-state index in [9.17, 15) is 45.0 Å². The fourth-order valence-corrected chi connectivity index (χ4v) is 25.5. The van der Waals surface area contributed by atoms with Gasteiger partial charge in [0.1, 0.15) is 45.2 Å². The molecule has 18 rings (SSSR count). The minimum Gasteiger partial charge on any atom is -1.00 e. The fraction of sp³-hybridized carbons (Fsp3) is 0.0439. The van der Waals surface area contributed by atoms with E-state index in [-0.39, 0.29) is 96.6 Å². The second kappa shape index (κ2) is 53.5. The van der Waals surface area contributed by atoms with Crippen LogP contribution < -0.4 is 61.4 Å². The molecule has 0 amide bonds. The van der Waals surface area contributed by atoms with Crippen LogP contribution in [0.4, 0.5) is 35.1 Å². The third kappa shape index (κ3) is 30.1. The Kier molecular flexibility index (Phi) is 42.3. The van der Waals surface area contributed by atoms with Gasteiger partial charge in [0.25, 0.3) is 0 Å². The Labute approximate surface area is 852 Å². The largest absolute Gasteiger partial charge is 1.00 e. The number of rotatable bonds is 20. The first-order valence-electron chi connectivity index (χ1n) is 41.9. The van der Waals surface area contributed by atoms with Gasteiger partial charge < -0.3 is 16.4 Å². The maximum atomic E-state index is 13.9. The number of aliphatic hydroxyl groups is 2. The number of carbonyl (C=O) groups is 1. The van der Waals surface area contributed by atoms with Crippen molar-refractivity contribution in [2.24, 2.45) is 0 Å². The molecule has 0 aliphatic carbocycles. The van der Waals surface area contributed by atoms with Gasteiger partial charge in [0.15, 0.2) is 0 Å². The average Bonchev–Trinajstić information content (AvgIpc) is 0.700. The summed E-state index contributed by atoms with van der Waals surface area (Å²) in [5.41, 5.74) is 18.6. The summed E-state index contributed by atoms with van der Waals surface area (Å²) >= 11 is 17.5. The molecule has 3 radical (unpaired) electrons. The average molecular weight is 2190 g/mol. The molecule has 0 aliphatic rings. The minimum atomic E-state index is -3.26. The predicted molar refractivity (Wildman–Crippen MR) is 569 cm³/mol. The van der Waals surface area contributed by atoms with Crippen LogP contribution in [0.1, 0.15) is 23.7 Å². The van der Waals surface area contributed by atoms with Crippen LogP contribution in [0, 0.1) is 46.5 Å². The number of aldehydes is 1. The van der Waals surface area contributed by atoms with E-state index >= 15 is 0 Å². The van der Waals surface area contributed by atoms with Gasteiger partial charge in [0.2, 0.25) is 0 Å². The van der Waals surface area contributed by atoms with Crippen LogP contribution in [-0.4, -0.2) is 32.0 Å². The zero-order valence-electron chi connectivity index (χ0n) is 74.3. The molecule has 0 fully saturated rings. The van der Waals surface area contributed by atoms with Crippen molar-refractivity contribution in [3.8, 4) is 89.0 Å². The molecular weight excluding hydrogens is 2100 g/mol. The van der Waals surface area contributed by atoms with Crippen LogP contribution in [0.15, 0.2) is 449 Å². The molecule has 0 saturated carbocycles. The molecule has 21 heteroatoms. The second-order valence-electron chi connectivity index (χ2n) is 30.3. The predicted octanol–water partition coefficient (Wildman–Crippen LogP) is 28.9. The number of halogens is 13. The normalized spacial score (nSPS) is 10.8. The summed E-state index contributed by atoms with van der Waals surface area (Å²) in [6.45, 7) is -0.0940. The van der Waals surface area contributed by atoms with Gasteiger partial charge in [0, 0.05) is 27.3 Å². The standard InChI is InChI=1S/C37H28BrF2P.C20H14F2O.C19H13BrF2.C19H14F2O.C18H15P.CH4O.B.Br3P.Na.H/c38-41(35-10-4-1-5-11-35,36-12-6-2-7-13-36,37-14-8-3-9-15-37)27-28-24-31(29-16-20-33(39)21-17-29)26-32(25-28)30-18-22-34(40)23-19-30;21-19-5-1-15(2-6-19)17-11-14(9-10-23)12-18(13-17)16-3-7-20(22)8-4-16;20-12-13-9-16(14-1-5-18(21)6-2-14)11-17(10-13)15-3-7-19(22)8-4-15;20-18-5-1-14(2-6-18)16-9-13(12-22)10-17(11-16)15-3-7-19(21)8-4-15;1-4-10-16(11-5-1)19(17-12-6-2-7-13-17)18-14-8-3-9-15-18;1-2;;1-4(2)3;;/h1-26H,27H2;1-8,10-13H,9H2;1-11H,12H2;1-11,22H,12H2;1-15H;2H,1H3;;;;/q;;;;;;;;+1;-1. The van der Waals surface area contributed by atoms with Crippen LogP contribution in [0.5, 0.6) is 0 Å². The third-order valence-corrected chi connectivity index (χ3v) is 34.1. The van der Waals surface area contributed by atoms with Crippen molar-refractivity contribution < 1.29 is 81.1 Å². The van der Waals surface area contributed by atoms with E-state index in [1.54, 1.807) is 72.8 Å². The van der Waals surface area contributed by atoms with Crippen LogP contribution in [0.3, 0.4) is 0 Å². The summed E-state index contributed by atoms with van der Waals surface area (Å²) < 4.78 is 106. The van der Waals surface area contributed by atoms with Crippen molar-refractivity contribution in [2.75, 3.05) is 7.11 Å². The van der Waals surface area contributed by atoms with E-state index in [0.29, 0.717) is 12.6 Å². The zero-order valence-corrected chi connectivity index (χ0v) is 85.9. The SMILES string of the molecule is BrP(Br)Br.CO.Fc1ccc(-c2cc(CBr)cc(-c3ccc(F)cc3)c2)cc1.Fc1ccc(-c2cc(CP(Br)(c3ccccc3)(c3ccccc3)c3ccccc3)cc(-c3ccc(F)cc3)c2)cc1.O=CCc1cc(-c2ccc(F)cc2)cc(-c2ccc(F)cc2)c1.OCc1cc(-c2ccc(F)cc2)cc(-c2ccc(F)cc2)c1.[B].[H-].[Na+].c1ccc(P(c2ccccc2)c2ccccc2)cc1. The summed E-state index contributed by atoms with van der Waals surface area (Å²) in [4.78, 5) is 10.9. The molecule has 0 heterocycles. The molecule has 2 N–H and O–H groups in total. The smallest absolute Gasteiger partial charge is 1.00 e. The molecule has 3 nitrogen and oxygen atoms in total. The molecule has 18 aromatic carbocycles. The summed E-state index contributed by atoms with van der Waals surface area (Å²) in [5.74, 6) is -2.22. The van der Waals surface area contributed by atoms with Crippen molar-refractivity contribution in [2.45, 2.75) is 24.5 Å². The van der Waals surface area contributed by atoms with Gasteiger partial charge in [-0.05, 0) is 257 Å². The Balaban J connectivity index is 0.000000192. The van der Waals surface area contributed by atoms with Gasteiger partial charge in [-0.25, -0.2) is 26.3 Å². The molecule has 0 saturated heterocycles. The number of carbonyl (C=O) groups excluding carboxylic acids is 1. The molecule has 0 bridgehead atoms. The Morgan fingerprint density at radius 3 is 0.637 bits per heavy atom. The quantitative estimate of drug-likeness (QED) is 0.0263. The molecule has 0 atom stereocenters. The molecular formula is C114H89BBr5F8NaO3P3. The fourth-order valence-electron chi connectivity index (χ4n) is 15.2. The van der Waals surface area contributed by atoms with Crippen LogP contribution >= 0.6 is 95.1 Å². The van der Waals surface area contributed by atoms with Crippen molar-refractivity contribution in [1.29, 1.82) is 0 Å². The van der Waals surface area contributed by atoms with Crippen molar-refractivity contribution in [3.63, 3.8) is 0 Å². The van der Waals surface area contributed by atoms with E-state index in [1.807, 2.05) is 66.7 Å². The Morgan fingerprint density at radius 2 is 0.452 bits per heavy atom. The molecule has 673 valence electrons. The van der Waals surface area contributed by atoms with Crippen molar-refractivity contribution in [3.05, 3.63) is 518 Å². The molecule has 18 aromatic rings. The van der Waals surface area contributed by atoms with E-state index < -0.39 is 13.2 Å². The van der Waals surface area contributed by atoms with Gasteiger partial charge in [-0.15, -0.1) is 0 Å². The van der Waals surface area contributed by atoms with Gasteiger partial charge >= 0.3 is 278 Å². The van der Waals surface area contributed by atoms with Gasteiger partial charge in [-0.1, -0.05) is 204 Å². The Hall–Kier alpha value is -10.3. The first kappa shape index (κ1) is 107. The van der Waals surface area contributed by atoms with Crippen LogP contribution in [0.2, 0.25) is 0 Å². The summed E-state index contributed by atoms with van der Waals surface area (Å²) in [6, 6.07) is 139. The van der Waals surface area contributed by atoms with Crippen LogP contribution in [-0.2, 0) is 29.3 Å². The Morgan fingerprint density at radius 1 is 0.274 bits per heavy atom. The van der Waals surface area contributed by atoms with Gasteiger partial charge in [-0.2, -0.15) is 0 Å². The molecule has 0 aliphatic heterocycles. The van der Waals surface area contributed by atoms with E-state index in [0.717, 1.165) is 130 Å². The number of hydrogen-bond donors (Lipinski definition) is 2. The molecule has 135 heavy (non-hydrogen) atoms. The molecule has 0 aromatic heterocycles. The zero-order chi connectivity index (χ0) is 94.1. The first-order chi connectivity index (χ1) is 64.6. The second-order valence-corrected chi connectivity index (χ2v) is 57.3. The summed E-state index contributed by atoms with van der Waals surface area (Å²) in [5, 5.41) is 21.8. The number of aliphatic hydroxyl groups excluding tert-OH is 2. The van der Waals surface area contributed by atoms with E-state index in [4.69, 9.17) is 5.11 Å². The maximum absolute atomic E-state index is 13.9. The summed E-state index contributed by atoms with van der Waals surface area (Å²) in [6.07, 6.45) is 1.84. The van der Waals surface area contributed by atoms with Gasteiger partial charge in [-0.3, -0.25) is 0 Å². The minimum absolute atomic E-state index is 0. The topological polar surface area (TPSA) is 57.5 Å². The Bertz CT molecular complexity index is 6120.